The number of likely N-dealkylation sites (tertiary alicyclic amines) is 1. The lowest BCUT2D eigenvalue weighted by atomic mass is 9.66. The fourth-order valence-corrected chi connectivity index (χ4v) is 7.59. The number of urea groups is 1. The van der Waals surface area contributed by atoms with Gasteiger partial charge in [-0.3, -0.25) is 0 Å². The van der Waals surface area contributed by atoms with E-state index in [0.717, 1.165) is 38.4 Å². The topological polar surface area (TPSA) is 49.6 Å². The first-order valence-electron chi connectivity index (χ1n) is 13.5. The van der Waals surface area contributed by atoms with Gasteiger partial charge in [0.1, 0.15) is 0 Å². The van der Waals surface area contributed by atoms with Crippen molar-refractivity contribution in [1.82, 2.24) is 9.80 Å². The highest BCUT2D eigenvalue weighted by atomic mass is 16.2. The molecule has 4 nitrogen and oxygen atoms in total. The zero-order valence-electron chi connectivity index (χ0n) is 19.9. The lowest BCUT2D eigenvalue weighted by molar-refractivity contribution is 0.0688. The predicted molar refractivity (Wildman–Crippen MR) is 131 cm³/mol. The summed E-state index contributed by atoms with van der Waals surface area (Å²) in [5.74, 6) is 1.46. The molecule has 2 aliphatic heterocycles. The maximum atomic E-state index is 12.7. The first-order chi connectivity index (χ1) is 15.7. The van der Waals surface area contributed by atoms with Gasteiger partial charge in [0, 0.05) is 18.5 Å². The quantitative estimate of drug-likeness (QED) is 0.630. The minimum Gasteiger partial charge on any atom is -0.351 e. The molecule has 1 aromatic carbocycles. The van der Waals surface area contributed by atoms with Crippen LogP contribution in [0.3, 0.4) is 0 Å². The SMILES string of the molecule is NC(=O)N1CC2(CCN(CC3CCCCCCC3)CC2)c2ccccc2C1C1CCCC1. The summed E-state index contributed by atoms with van der Waals surface area (Å²) in [6.07, 6.45) is 17.3. The number of carbonyl (C=O) groups is 1. The van der Waals surface area contributed by atoms with Crippen molar-refractivity contribution in [2.75, 3.05) is 26.2 Å². The number of carbonyl (C=O) groups excluding carboxylic acids is 1. The third-order valence-corrected chi connectivity index (χ3v) is 9.34. The Labute approximate surface area is 194 Å². The van der Waals surface area contributed by atoms with Crippen LogP contribution in [0.25, 0.3) is 0 Å². The minimum absolute atomic E-state index is 0.0815. The number of nitrogens with two attached hydrogens (primary N) is 1. The molecule has 32 heavy (non-hydrogen) atoms. The summed E-state index contributed by atoms with van der Waals surface area (Å²) in [5.41, 5.74) is 9.04. The number of hydrogen-bond donors (Lipinski definition) is 1. The minimum atomic E-state index is -0.215. The van der Waals surface area contributed by atoms with E-state index in [0.29, 0.717) is 5.92 Å². The van der Waals surface area contributed by atoms with Crippen molar-refractivity contribution < 1.29 is 4.79 Å². The maximum Gasteiger partial charge on any atom is 0.315 e. The molecular weight excluding hydrogens is 394 g/mol. The Kier molecular flexibility index (Phi) is 6.78. The molecule has 0 bridgehead atoms. The third-order valence-electron chi connectivity index (χ3n) is 9.34. The van der Waals surface area contributed by atoms with E-state index >= 15 is 0 Å². The second-order valence-corrected chi connectivity index (χ2v) is 11.3. The Bertz CT molecular complexity index is 771. The highest BCUT2D eigenvalue weighted by Gasteiger charge is 2.48. The first-order valence-corrected chi connectivity index (χ1v) is 13.5. The summed E-state index contributed by atoms with van der Waals surface area (Å²) in [5, 5.41) is 0. The predicted octanol–water partition coefficient (Wildman–Crippen LogP) is 6.01. The number of nitrogens with zero attached hydrogens (tertiary/aromatic N) is 2. The number of primary amides is 1. The van der Waals surface area contributed by atoms with E-state index in [-0.39, 0.29) is 17.5 Å². The van der Waals surface area contributed by atoms with Crippen molar-refractivity contribution in [1.29, 1.82) is 0 Å². The van der Waals surface area contributed by atoms with Crippen molar-refractivity contribution in [3.8, 4) is 0 Å². The van der Waals surface area contributed by atoms with Crippen molar-refractivity contribution >= 4 is 6.03 Å². The molecule has 1 unspecified atom stereocenters. The fraction of sp³-hybridized carbons (Fsp3) is 0.750. The number of piperidine rings is 1. The highest BCUT2D eigenvalue weighted by Crippen LogP contribution is 2.50. The van der Waals surface area contributed by atoms with Gasteiger partial charge in [-0.2, -0.15) is 0 Å². The molecule has 1 spiro atoms. The molecule has 4 heteroatoms. The molecule has 2 heterocycles. The smallest absolute Gasteiger partial charge is 0.315 e. The van der Waals surface area contributed by atoms with Gasteiger partial charge in [-0.1, -0.05) is 69.2 Å². The molecule has 1 aromatic rings. The molecule has 0 aromatic heterocycles. The van der Waals surface area contributed by atoms with Crippen LogP contribution >= 0.6 is 0 Å². The Morgan fingerprint density at radius 3 is 2.22 bits per heavy atom. The van der Waals surface area contributed by atoms with E-state index in [2.05, 4.69) is 34.1 Å². The van der Waals surface area contributed by atoms with Crippen LogP contribution in [0, 0.1) is 11.8 Å². The summed E-state index contributed by atoms with van der Waals surface area (Å²) in [7, 11) is 0. The Morgan fingerprint density at radius 1 is 0.906 bits per heavy atom. The number of hydrogen-bond acceptors (Lipinski definition) is 2. The molecule has 2 amide bonds. The lowest BCUT2D eigenvalue weighted by Crippen LogP contribution is -2.57. The number of fused-ring (bicyclic) bond motifs is 2. The van der Waals surface area contributed by atoms with Crippen LogP contribution in [-0.2, 0) is 5.41 Å². The first kappa shape index (κ1) is 22.3. The van der Waals surface area contributed by atoms with Crippen LogP contribution in [0.15, 0.2) is 24.3 Å². The molecule has 4 aliphatic rings. The monoisotopic (exact) mass is 437 g/mol. The Balaban J connectivity index is 1.34. The van der Waals surface area contributed by atoms with E-state index in [1.807, 2.05) is 0 Å². The number of rotatable bonds is 3. The van der Waals surface area contributed by atoms with Gasteiger partial charge < -0.3 is 15.5 Å². The van der Waals surface area contributed by atoms with Gasteiger partial charge in [0.15, 0.2) is 0 Å². The molecule has 1 saturated heterocycles. The number of benzene rings is 1. The van der Waals surface area contributed by atoms with Crippen molar-refractivity contribution in [3.05, 3.63) is 35.4 Å². The zero-order valence-corrected chi connectivity index (χ0v) is 19.9. The van der Waals surface area contributed by atoms with Gasteiger partial charge >= 0.3 is 6.03 Å². The molecule has 176 valence electrons. The maximum absolute atomic E-state index is 12.7. The van der Waals surface area contributed by atoms with E-state index in [1.54, 1.807) is 0 Å². The molecule has 0 radical (unpaired) electrons. The molecule has 5 rings (SSSR count). The Hall–Kier alpha value is -1.55. The number of amides is 2. The second-order valence-electron chi connectivity index (χ2n) is 11.3. The van der Waals surface area contributed by atoms with Crippen LogP contribution in [0.1, 0.15) is 101 Å². The molecule has 1 atom stereocenters. The van der Waals surface area contributed by atoms with Gasteiger partial charge in [-0.25, -0.2) is 4.79 Å². The summed E-state index contributed by atoms with van der Waals surface area (Å²) < 4.78 is 0. The van der Waals surface area contributed by atoms with Gasteiger partial charge in [0.2, 0.25) is 0 Å². The van der Waals surface area contributed by atoms with E-state index < -0.39 is 0 Å². The van der Waals surface area contributed by atoms with Crippen LogP contribution in [0.2, 0.25) is 0 Å². The van der Waals surface area contributed by atoms with Crippen molar-refractivity contribution in [3.63, 3.8) is 0 Å². The molecule has 2 N–H and O–H groups in total. The second kappa shape index (κ2) is 9.75. The van der Waals surface area contributed by atoms with Crippen LogP contribution in [0.4, 0.5) is 4.79 Å². The van der Waals surface area contributed by atoms with Crippen molar-refractivity contribution in [2.24, 2.45) is 17.6 Å². The average Bonchev–Trinajstić information content (AvgIpc) is 3.31. The normalized spacial score (nSPS) is 27.8. The summed E-state index contributed by atoms with van der Waals surface area (Å²) in [4.78, 5) is 17.5. The Morgan fingerprint density at radius 2 is 1.53 bits per heavy atom. The van der Waals surface area contributed by atoms with E-state index in [9.17, 15) is 4.79 Å². The third kappa shape index (κ3) is 4.44. The van der Waals surface area contributed by atoms with Gasteiger partial charge in [-0.05, 0) is 74.6 Å². The van der Waals surface area contributed by atoms with Crippen LogP contribution < -0.4 is 5.73 Å². The summed E-state index contributed by atoms with van der Waals surface area (Å²) in [6, 6.07) is 9.03. The fourth-order valence-electron chi connectivity index (χ4n) is 7.59. The zero-order chi connectivity index (χ0) is 22.0. The molecule has 3 fully saturated rings. The molecule has 2 saturated carbocycles. The lowest BCUT2D eigenvalue weighted by Gasteiger charge is -2.52. The standard InChI is InChI=1S/C28H43N3O/c29-27(32)31-21-28(25-15-9-8-14-24(25)26(31)23-12-6-7-13-23)16-18-30(19-17-28)20-22-10-4-2-1-3-5-11-22/h8-9,14-15,22-23,26H,1-7,10-13,16-21H2,(H2,29,32). The molecular formula is C28H43N3O. The highest BCUT2D eigenvalue weighted by molar-refractivity contribution is 5.73. The van der Waals surface area contributed by atoms with Crippen LogP contribution in [-0.4, -0.2) is 42.0 Å². The average molecular weight is 438 g/mol. The van der Waals surface area contributed by atoms with E-state index in [4.69, 9.17) is 5.73 Å². The van der Waals surface area contributed by atoms with Gasteiger partial charge in [0.05, 0.1) is 6.04 Å². The van der Waals surface area contributed by atoms with Crippen molar-refractivity contribution in [2.45, 2.75) is 94.9 Å². The van der Waals surface area contributed by atoms with Gasteiger partial charge in [-0.15, -0.1) is 0 Å². The summed E-state index contributed by atoms with van der Waals surface area (Å²) in [6.45, 7) is 4.41. The largest absolute Gasteiger partial charge is 0.351 e. The van der Waals surface area contributed by atoms with Crippen LogP contribution in [0.5, 0.6) is 0 Å². The summed E-state index contributed by atoms with van der Waals surface area (Å²) >= 11 is 0. The van der Waals surface area contributed by atoms with E-state index in [1.165, 1.54) is 88.3 Å². The molecule has 2 aliphatic carbocycles. The van der Waals surface area contributed by atoms with Gasteiger partial charge in [0.25, 0.3) is 0 Å².